The number of fused-ring (bicyclic) bond motifs is 4. The zero-order valence-electron chi connectivity index (χ0n) is 21.8. The highest BCUT2D eigenvalue weighted by atomic mass is 16.7. The van der Waals surface area contributed by atoms with E-state index in [0.717, 1.165) is 42.5 Å². The summed E-state index contributed by atoms with van der Waals surface area (Å²) in [6.45, 7) is 6.86. The van der Waals surface area contributed by atoms with Crippen molar-refractivity contribution in [2.45, 2.75) is 77.7 Å². The first-order valence-electron chi connectivity index (χ1n) is 13.3. The highest BCUT2D eigenvalue weighted by molar-refractivity contribution is 5.80. The van der Waals surface area contributed by atoms with Gasteiger partial charge in [-0.25, -0.2) is 9.78 Å². The topological polar surface area (TPSA) is 60.8 Å². The number of unbranched alkanes of at least 4 members (excludes halogenated alkanes) is 5. The highest BCUT2D eigenvalue weighted by Gasteiger charge is 2.46. The Morgan fingerprint density at radius 3 is 2.67 bits per heavy atom. The summed E-state index contributed by atoms with van der Waals surface area (Å²) in [4.78, 5) is 22.2. The number of hydrogen-bond acceptors (Lipinski definition) is 5. The van der Waals surface area contributed by atoms with Gasteiger partial charge in [-0.3, -0.25) is 4.99 Å². The maximum Gasteiger partial charge on any atom is 0.515 e. The SMILES string of the molecule is C/C=C1\C2C=C(C)CC1(/N=C/c1ccccc1)c1ccc(OC(=O)OCCCCCCCC)nc1C2. The molecular weight excluding hydrogens is 448 g/mol. The number of aromatic nitrogens is 1. The molecule has 1 aromatic carbocycles. The number of carbonyl (C=O) groups excluding carboxylic acids is 1. The van der Waals surface area contributed by atoms with Crippen molar-refractivity contribution >= 4 is 12.4 Å². The molecule has 2 atom stereocenters. The molecule has 2 unspecified atom stereocenters. The van der Waals surface area contributed by atoms with Crippen molar-refractivity contribution < 1.29 is 14.3 Å². The first-order chi connectivity index (χ1) is 17.6. The fourth-order valence-corrected chi connectivity index (χ4v) is 5.52. The van der Waals surface area contributed by atoms with Crippen LogP contribution in [0.3, 0.4) is 0 Å². The molecule has 1 aromatic heterocycles. The molecule has 0 amide bonds. The summed E-state index contributed by atoms with van der Waals surface area (Å²) in [7, 11) is 0. The third-order valence-corrected chi connectivity index (χ3v) is 7.16. The lowest BCUT2D eigenvalue weighted by Gasteiger charge is -2.45. The summed E-state index contributed by atoms with van der Waals surface area (Å²) in [6.07, 6.45) is 14.2. The van der Waals surface area contributed by atoms with E-state index in [1.165, 1.54) is 36.8 Å². The molecule has 0 N–H and O–H groups in total. The second-order valence-corrected chi connectivity index (χ2v) is 9.89. The molecule has 0 aliphatic heterocycles. The monoisotopic (exact) mass is 486 g/mol. The van der Waals surface area contributed by atoms with E-state index in [4.69, 9.17) is 19.5 Å². The van der Waals surface area contributed by atoms with Crippen LogP contribution < -0.4 is 4.74 Å². The van der Waals surface area contributed by atoms with Gasteiger partial charge in [0.25, 0.3) is 0 Å². The van der Waals surface area contributed by atoms with Gasteiger partial charge in [0.15, 0.2) is 0 Å². The van der Waals surface area contributed by atoms with E-state index >= 15 is 0 Å². The van der Waals surface area contributed by atoms with E-state index in [0.29, 0.717) is 6.61 Å². The van der Waals surface area contributed by atoms with Gasteiger partial charge >= 0.3 is 6.16 Å². The first-order valence-corrected chi connectivity index (χ1v) is 13.3. The van der Waals surface area contributed by atoms with Gasteiger partial charge in [0.2, 0.25) is 5.88 Å². The van der Waals surface area contributed by atoms with Gasteiger partial charge in [-0.2, -0.15) is 0 Å². The van der Waals surface area contributed by atoms with Crippen molar-refractivity contribution in [2.75, 3.05) is 6.61 Å². The minimum Gasteiger partial charge on any atom is -0.434 e. The van der Waals surface area contributed by atoms with Crippen molar-refractivity contribution in [1.82, 2.24) is 4.98 Å². The van der Waals surface area contributed by atoms with Gasteiger partial charge in [0.05, 0.1) is 12.3 Å². The molecule has 0 fully saturated rings. The van der Waals surface area contributed by atoms with Crippen LogP contribution in [0.15, 0.2) is 70.8 Å². The molecule has 5 heteroatoms. The lowest BCUT2D eigenvalue weighted by Crippen LogP contribution is -2.40. The Morgan fingerprint density at radius 2 is 1.89 bits per heavy atom. The average Bonchev–Trinajstić information content (AvgIpc) is 2.87. The second-order valence-electron chi connectivity index (χ2n) is 9.89. The molecule has 0 radical (unpaired) electrons. The fraction of sp³-hybridized carbons (Fsp3) is 0.452. The van der Waals surface area contributed by atoms with Crippen LogP contribution in [0, 0.1) is 5.92 Å². The Kier molecular flexibility index (Phi) is 8.74. The molecule has 2 bridgehead atoms. The van der Waals surface area contributed by atoms with Crippen molar-refractivity contribution in [3.63, 3.8) is 0 Å². The largest absolute Gasteiger partial charge is 0.515 e. The Hall–Kier alpha value is -3.21. The van der Waals surface area contributed by atoms with Crippen LogP contribution >= 0.6 is 0 Å². The van der Waals surface area contributed by atoms with Crippen LogP contribution in [0.2, 0.25) is 0 Å². The van der Waals surface area contributed by atoms with Crippen molar-refractivity contribution in [3.05, 3.63) is 82.6 Å². The predicted molar refractivity (Wildman–Crippen MR) is 145 cm³/mol. The molecule has 2 aromatic rings. The number of benzene rings is 1. The third kappa shape index (κ3) is 5.95. The summed E-state index contributed by atoms with van der Waals surface area (Å²) < 4.78 is 10.7. The van der Waals surface area contributed by atoms with Gasteiger partial charge < -0.3 is 9.47 Å². The molecule has 1 heterocycles. The molecule has 5 nitrogen and oxygen atoms in total. The summed E-state index contributed by atoms with van der Waals surface area (Å²) in [5.74, 6) is 0.512. The molecule has 36 heavy (non-hydrogen) atoms. The van der Waals surface area contributed by atoms with Gasteiger partial charge in [-0.05, 0) is 37.5 Å². The Labute approximate surface area is 215 Å². The van der Waals surface area contributed by atoms with Crippen molar-refractivity contribution in [1.29, 1.82) is 0 Å². The molecule has 190 valence electrons. The molecule has 0 spiro atoms. The summed E-state index contributed by atoms with van der Waals surface area (Å²) in [6, 6.07) is 14.0. The number of hydrogen-bond donors (Lipinski definition) is 0. The van der Waals surface area contributed by atoms with Crippen molar-refractivity contribution in [2.24, 2.45) is 10.9 Å². The maximum atomic E-state index is 12.2. The van der Waals surface area contributed by atoms with Gasteiger partial charge in [-0.1, -0.05) is 87.1 Å². The Morgan fingerprint density at radius 1 is 1.11 bits per heavy atom. The van der Waals surface area contributed by atoms with Crippen LogP contribution in [-0.4, -0.2) is 24.0 Å². The molecule has 4 rings (SSSR count). The van der Waals surface area contributed by atoms with Crippen LogP contribution in [0.4, 0.5) is 4.79 Å². The van der Waals surface area contributed by atoms with Crippen LogP contribution in [0.25, 0.3) is 0 Å². The van der Waals surface area contributed by atoms with E-state index in [-0.39, 0.29) is 11.8 Å². The molecule has 0 saturated heterocycles. The number of carbonyl (C=O) groups is 1. The number of rotatable bonds is 10. The average molecular weight is 487 g/mol. The zero-order valence-corrected chi connectivity index (χ0v) is 21.8. The van der Waals surface area contributed by atoms with E-state index < -0.39 is 11.7 Å². The maximum absolute atomic E-state index is 12.2. The Bertz CT molecular complexity index is 1140. The summed E-state index contributed by atoms with van der Waals surface area (Å²) in [5.41, 5.74) is 5.23. The fourth-order valence-electron chi connectivity index (χ4n) is 5.52. The van der Waals surface area contributed by atoms with Crippen LogP contribution in [0.5, 0.6) is 5.88 Å². The molecular formula is C31H38N2O3. The molecule has 2 aliphatic carbocycles. The van der Waals surface area contributed by atoms with Gasteiger partial charge in [-0.15, -0.1) is 0 Å². The standard InChI is InChI=1S/C31H38N2O3/c1-4-6-7-8-9-13-18-35-30(34)36-29-17-16-27-28(33-29)20-25-19-23(3)21-31(27,26(25)5-2)32-22-24-14-11-10-12-15-24/h5,10-12,14-17,19,22,25H,4,6-9,13,18,20-21H2,1-3H3/b26-5+,32-22+. The van der Waals surface area contributed by atoms with Gasteiger partial charge in [0.1, 0.15) is 5.54 Å². The Balaban J connectivity index is 1.50. The zero-order chi connectivity index (χ0) is 25.4. The second kappa shape index (κ2) is 12.2. The molecule has 2 aliphatic rings. The number of allylic oxidation sites excluding steroid dienone is 2. The third-order valence-electron chi connectivity index (χ3n) is 7.16. The van der Waals surface area contributed by atoms with E-state index in [9.17, 15) is 4.79 Å². The minimum atomic E-state index is -0.686. The number of aliphatic imine (C=N–C) groups is 1. The number of pyridine rings is 1. The highest BCUT2D eigenvalue weighted by Crippen LogP contribution is 2.52. The van der Waals surface area contributed by atoms with Crippen LogP contribution in [0.1, 0.15) is 82.5 Å². The van der Waals surface area contributed by atoms with Crippen molar-refractivity contribution in [3.8, 4) is 5.88 Å². The normalized spacial score (nSPS) is 21.8. The number of ether oxygens (including phenoxy) is 2. The lowest BCUT2D eigenvalue weighted by atomic mass is 9.63. The van der Waals surface area contributed by atoms with Gasteiger partial charge in [0, 0.05) is 36.6 Å². The predicted octanol–water partition coefficient (Wildman–Crippen LogP) is 7.74. The lowest BCUT2D eigenvalue weighted by molar-refractivity contribution is 0.0956. The van der Waals surface area contributed by atoms with Crippen LogP contribution in [-0.2, 0) is 16.7 Å². The summed E-state index contributed by atoms with van der Waals surface area (Å²) >= 11 is 0. The quantitative estimate of drug-likeness (QED) is 0.149. The summed E-state index contributed by atoms with van der Waals surface area (Å²) in [5, 5.41) is 0. The van der Waals surface area contributed by atoms with E-state index in [1.807, 2.05) is 30.5 Å². The first kappa shape index (κ1) is 25.9. The number of nitrogens with zero attached hydrogens (tertiary/aromatic N) is 2. The smallest absolute Gasteiger partial charge is 0.434 e. The molecule has 0 saturated carbocycles. The van der Waals surface area contributed by atoms with E-state index in [2.05, 4.69) is 45.1 Å². The van der Waals surface area contributed by atoms with E-state index in [1.54, 1.807) is 6.07 Å². The minimum absolute atomic E-state index is 0.228.